The summed E-state index contributed by atoms with van der Waals surface area (Å²) in [4.78, 5) is 5.61. The molecule has 0 amide bonds. The second kappa shape index (κ2) is 4.68. The average Bonchev–Trinajstić information content (AvgIpc) is 2.78. The Labute approximate surface area is 97.3 Å². The third-order valence-corrected chi connectivity index (χ3v) is 3.64. The van der Waals surface area contributed by atoms with Crippen molar-refractivity contribution in [3.63, 3.8) is 0 Å². The first-order valence-electron chi connectivity index (χ1n) is 4.47. The van der Waals surface area contributed by atoms with Crippen LogP contribution in [-0.4, -0.2) is 18.3 Å². The fourth-order valence-electron chi connectivity index (χ4n) is 1.22. The number of aromatic nitrogens is 1. The molecule has 1 aromatic heterocycles. The van der Waals surface area contributed by atoms with Gasteiger partial charge in [-0.15, -0.1) is 23.1 Å². The van der Waals surface area contributed by atoms with E-state index in [-0.39, 0.29) is 0 Å². The van der Waals surface area contributed by atoms with Gasteiger partial charge >= 0.3 is 0 Å². The van der Waals surface area contributed by atoms with Crippen LogP contribution in [0.1, 0.15) is 0 Å². The Bertz CT molecular complexity index is 436. The van der Waals surface area contributed by atoms with Gasteiger partial charge in [0, 0.05) is 10.5 Å². The molecular weight excluding hydrogens is 226 g/mol. The first-order chi connectivity index (χ1) is 7.33. The second-order valence-corrected chi connectivity index (χ2v) is 4.66. The summed E-state index contributed by atoms with van der Waals surface area (Å²) in [5.74, 6) is 0.684. The van der Waals surface area contributed by atoms with Crippen molar-refractivity contribution in [1.29, 1.82) is 0 Å². The molecule has 0 aliphatic carbocycles. The Morgan fingerprint density at radius 2 is 2.00 bits per heavy atom. The monoisotopic (exact) mass is 237 g/mol. The summed E-state index contributed by atoms with van der Waals surface area (Å²) >= 11 is 3.34. The first-order valence-corrected chi connectivity index (χ1v) is 6.58. The van der Waals surface area contributed by atoms with Crippen molar-refractivity contribution in [3.05, 3.63) is 29.6 Å². The highest BCUT2D eigenvalue weighted by molar-refractivity contribution is 7.98. The van der Waals surface area contributed by atoms with Gasteiger partial charge in [0.25, 0.3) is 0 Å². The predicted molar refractivity (Wildman–Crippen MR) is 65.9 cm³/mol. The van der Waals surface area contributed by atoms with Crippen molar-refractivity contribution >= 4 is 23.1 Å². The van der Waals surface area contributed by atoms with Crippen LogP contribution in [0, 0.1) is 0 Å². The molecule has 15 heavy (non-hydrogen) atoms. The third-order valence-electron chi connectivity index (χ3n) is 2.03. The van der Waals surface area contributed by atoms with Gasteiger partial charge in [0.1, 0.15) is 5.01 Å². The summed E-state index contributed by atoms with van der Waals surface area (Å²) in [7, 11) is 1.63. The van der Waals surface area contributed by atoms with Gasteiger partial charge in [-0.25, -0.2) is 4.98 Å². The molecule has 0 aliphatic rings. The van der Waals surface area contributed by atoms with Gasteiger partial charge in [-0.05, 0) is 18.4 Å². The lowest BCUT2D eigenvalue weighted by molar-refractivity contribution is 0.401. The average molecular weight is 237 g/mol. The van der Waals surface area contributed by atoms with Crippen LogP contribution >= 0.6 is 23.1 Å². The number of thiazole rings is 1. The molecule has 0 saturated carbocycles. The minimum absolute atomic E-state index is 0.684. The van der Waals surface area contributed by atoms with Gasteiger partial charge in [0.15, 0.2) is 0 Å². The van der Waals surface area contributed by atoms with Gasteiger partial charge in [0.05, 0.1) is 12.5 Å². The molecule has 2 nitrogen and oxygen atoms in total. The van der Waals surface area contributed by atoms with Crippen molar-refractivity contribution in [2.24, 2.45) is 0 Å². The zero-order chi connectivity index (χ0) is 10.7. The number of benzene rings is 1. The zero-order valence-corrected chi connectivity index (χ0v) is 10.2. The summed E-state index contributed by atoms with van der Waals surface area (Å²) in [6, 6.07) is 8.38. The molecule has 0 radical (unpaired) electrons. The van der Waals surface area contributed by atoms with Crippen LogP contribution in [0.2, 0.25) is 0 Å². The van der Waals surface area contributed by atoms with E-state index in [1.165, 1.54) is 4.90 Å². The normalized spacial score (nSPS) is 10.3. The predicted octanol–water partition coefficient (Wildman–Crippen LogP) is 3.54. The Balaban J connectivity index is 2.28. The standard InChI is InChI=1S/C11H11NOS2/c1-13-10-7-15-11(12-10)8-3-5-9(14-2)6-4-8/h3-7H,1-2H3. The van der Waals surface area contributed by atoms with Gasteiger partial charge in [-0.1, -0.05) is 12.1 Å². The fraction of sp³-hybridized carbons (Fsp3) is 0.182. The van der Waals surface area contributed by atoms with E-state index < -0.39 is 0 Å². The lowest BCUT2D eigenvalue weighted by Gasteiger charge is -1.98. The highest BCUT2D eigenvalue weighted by Crippen LogP contribution is 2.28. The molecule has 2 rings (SSSR count). The maximum atomic E-state index is 5.06. The summed E-state index contributed by atoms with van der Waals surface area (Å²) < 4.78 is 5.06. The topological polar surface area (TPSA) is 22.1 Å². The van der Waals surface area contributed by atoms with E-state index in [0.717, 1.165) is 10.6 Å². The summed E-state index contributed by atoms with van der Waals surface area (Å²) in [6.07, 6.45) is 2.07. The SMILES string of the molecule is COc1csc(-c2ccc(SC)cc2)n1. The van der Waals surface area contributed by atoms with Crippen LogP contribution in [0.15, 0.2) is 34.5 Å². The lowest BCUT2D eigenvalue weighted by atomic mass is 10.2. The number of ether oxygens (including phenoxy) is 1. The van der Waals surface area contributed by atoms with Gasteiger partial charge in [-0.2, -0.15) is 0 Å². The van der Waals surface area contributed by atoms with Crippen molar-refractivity contribution in [1.82, 2.24) is 4.98 Å². The maximum absolute atomic E-state index is 5.06. The van der Waals surface area contributed by atoms with Crippen LogP contribution in [0.4, 0.5) is 0 Å². The van der Waals surface area contributed by atoms with E-state index in [4.69, 9.17) is 4.74 Å². The number of hydrogen-bond acceptors (Lipinski definition) is 4. The van der Waals surface area contributed by atoms with E-state index in [9.17, 15) is 0 Å². The van der Waals surface area contributed by atoms with E-state index >= 15 is 0 Å². The molecule has 0 saturated heterocycles. The Hall–Kier alpha value is -1.00. The van der Waals surface area contributed by atoms with Crippen LogP contribution < -0.4 is 4.74 Å². The molecule has 0 fully saturated rings. The molecule has 0 spiro atoms. The summed E-state index contributed by atoms with van der Waals surface area (Å²) in [5, 5.41) is 2.91. The molecular formula is C11H11NOS2. The number of hydrogen-bond donors (Lipinski definition) is 0. The highest BCUT2D eigenvalue weighted by atomic mass is 32.2. The highest BCUT2D eigenvalue weighted by Gasteiger charge is 2.04. The maximum Gasteiger partial charge on any atom is 0.224 e. The smallest absolute Gasteiger partial charge is 0.224 e. The minimum Gasteiger partial charge on any atom is -0.480 e. The largest absolute Gasteiger partial charge is 0.480 e. The molecule has 0 bridgehead atoms. The Kier molecular flexibility index (Phi) is 3.28. The van der Waals surface area contributed by atoms with Crippen LogP contribution in [0.25, 0.3) is 10.6 Å². The number of thioether (sulfide) groups is 1. The van der Waals surface area contributed by atoms with Crippen LogP contribution in [0.5, 0.6) is 5.88 Å². The number of nitrogens with zero attached hydrogens (tertiary/aromatic N) is 1. The Morgan fingerprint density at radius 1 is 1.27 bits per heavy atom. The van der Waals surface area contributed by atoms with Gasteiger partial charge in [0.2, 0.25) is 5.88 Å². The summed E-state index contributed by atoms with van der Waals surface area (Å²) in [6.45, 7) is 0. The van der Waals surface area contributed by atoms with Crippen molar-refractivity contribution in [3.8, 4) is 16.5 Å². The molecule has 0 unspecified atom stereocenters. The van der Waals surface area contributed by atoms with Crippen LogP contribution in [-0.2, 0) is 0 Å². The number of rotatable bonds is 3. The van der Waals surface area contributed by atoms with E-state index in [1.807, 2.05) is 5.38 Å². The van der Waals surface area contributed by atoms with E-state index in [0.29, 0.717) is 5.88 Å². The van der Waals surface area contributed by atoms with Gasteiger partial charge in [-0.3, -0.25) is 0 Å². The summed E-state index contributed by atoms with van der Waals surface area (Å²) in [5.41, 5.74) is 1.14. The fourth-order valence-corrected chi connectivity index (χ4v) is 2.40. The second-order valence-electron chi connectivity index (χ2n) is 2.92. The number of methoxy groups -OCH3 is 1. The molecule has 78 valence electrons. The Morgan fingerprint density at radius 3 is 2.53 bits per heavy atom. The third kappa shape index (κ3) is 2.33. The van der Waals surface area contributed by atoms with Crippen molar-refractivity contribution in [2.75, 3.05) is 13.4 Å². The zero-order valence-electron chi connectivity index (χ0n) is 8.56. The lowest BCUT2D eigenvalue weighted by Crippen LogP contribution is -1.82. The van der Waals surface area contributed by atoms with E-state index in [2.05, 4.69) is 35.5 Å². The first kappa shape index (κ1) is 10.5. The minimum atomic E-state index is 0.684. The molecule has 0 atom stereocenters. The van der Waals surface area contributed by atoms with E-state index in [1.54, 1.807) is 30.2 Å². The van der Waals surface area contributed by atoms with Crippen molar-refractivity contribution in [2.45, 2.75) is 4.90 Å². The molecule has 0 N–H and O–H groups in total. The molecule has 4 heteroatoms. The molecule has 0 aliphatic heterocycles. The molecule has 2 aromatic rings. The van der Waals surface area contributed by atoms with Gasteiger partial charge < -0.3 is 4.74 Å². The quantitative estimate of drug-likeness (QED) is 0.762. The molecule has 1 aromatic carbocycles. The van der Waals surface area contributed by atoms with Crippen molar-refractivity contribution < 1.29 is 4.74 Å². The van der Waals surface area contributed by atoms with Crippen LogP contribution in [0.3, 0.4) is 0 Å². The molecule has 1 heterocycles.